The van der Waals surface area contributed by atoms with E-state index in [1.54, 1.807) is 30.6 Å². The van der Waals surface area contributed by atoms with Gasteiger partial charge in [-0.15, -0.1) is 0 Å². The zero-order valence-corrected chi connectivity index (χ0v) is 21.0. The van der Waals surface area contributed by atoms with Crippen molar-refractivity contribution in [1.29, 1.82) is 0 Å². The summed E-state index contributed by atoms with van der Waals surface area (Å²) in [6.45, 7) is 2.04. The van der Waals surface area contributed by atoms with Gasteiger partial charge >= 0.3 is 0 Å². The zero-order valence-electron chi connectivity index (χ0n) is 20.1. The number of primary amides is 1. The summed E-state index contributed by atoms with van der Waals surface area (Å²) in [6, 6.07) is 20.5. The average Bonchev–Trinajstić information content (AvgIpc) is 3.33. The van der Waals surface area contributed by atoms with E-state index in [0.717, 1.165) is 27.7 Å². The lowest BCUT2D eigenvalue weighted by molar-refractivity contribution is -0.131. The van der Waals surface area contributed by atoms with Gasteiger partial charge in [-0.25, -0.2) is 13.1 Å². The van der Waals surface area contributed by atoms with E-state index < -0.39 is 15.4 Å². The van der Waals surface area contributed by atoms with E-state index >= 15 is 0 Å². The molecule has 2 heterocycles. The lowest BCUT2D eigenvalue weighted by Gasteiger charge is -2.42. The van der Waals surface area contributed by atoms with Crippen LogP contribution in [0.4, 0.5) is 0 Å². The lowest BCUT2D eigenvalue weighted by atomic mass is 9.63. The second-order valence-electron chi connectivity index (χ2n) is 9.72. The molecule has 1 amide bonds. The lowest BCUT2D eigenvalue weighted by Crippen LogP contribution is -2.48. The maximum Gasteiger partial charge on any atom is 0.240 e. The van der Waals surface area contributed by atoms with Crippen LogP contribution in [0, 0.1) is 5.41 Å². The molecule has 7 nitrogen and oxygen atoms in total. The largest absolute Gasteiger partial charge is 0.369 e. The van der Waals surface area contributed by atoms with Crippen molar-refractivity contribution in [2.24, 2.45) is 11.1 Å². The molecule has 0 unspecified atom stereocenters. The molecule has 1 atom stereocenters. The molecule has 1 aliphatic carbocycles. The molecule has 0 bridgehead atoms. The van der Waals surface area contributed by atoms with Crippen LogP contribution < -0.4 is 10.5 Å². The number of carbonyl (C=O) groups is 1. The SMILES string of the molecule is C[C@H](c1ccccc1)C1(C(N)=O)CCC(NS(=O)(=O)c2ccc3[nH]c(-c4cccnc4)cc3c2)CC1. The van der Waals surface area contributed by atoms with E-state index in [4.69, 9.17) is 5.73 Å². The van der Waals surface area contributed by atoms with Crippen LogP contribution in [0.2, 0.25) is 0 Å². The molecule has 4 aromatic rings. The van der Waals surface area contributed by atoms with Crippen LogP contribution in [0.15, 0.2) is 84.0 Å². The standard InChI is InChI=1S/C28H30N4O3S/c1-19(20-6-3-2-4-7-20)28(27(29)33)13-11-23(12-14-28)32-36(34,35)24-9-10-25-22(16-24)17-26(31-25)21-8-5-15-30-18-21/h2-10,15-19,23,31-32H,11-14H2,1H3,(H2,29,33)/t19-,23?,28?/m1/s1. The first-order chi connectivity index (χ1) is 17.3. The first-order valence-corrected chi connectivity index (χ1v) is 13.7. The first-order valence-electron chi connectivity index (χ1n) is 12.2. The number of rotatable bonds is 7. The number of nitrogens with one attached hydrogen (secondary N) is 2. The van der Waals surface area contributed by atoms with Crippen molar-refractivity contribution < 1.29 is 13.2 Å². The Bertz CT molecular complexity index is 1480. The van der Waals surface area contributed by atoms with Crippen molar-refractivity contribution in [2.45, 2.75) is 49.5 Å². The number of hydrogen-bond acceptors (Lipinski definition) is 4. The highest BCUT2D eigenvalue weighted by Gasteiger charge is 2.45. The highest BCUT2D eigenvalue weighted by Crippen LogP contribution is 2.47. The first kappa shape index (κ1) is 24.2. The number of aromatic nitrogens is 2. The van der Waals surface area contributed by atoms with Gasteiger partial charge in [0.15, 0.2) is 0 Å². The van der Waals surface area contributed by atoms with Crippen molar-refractivity contribution in [3.63, 3.8) is 0 Å². The van der Waals surface area contributed by atoms with Crippen molar-refractivity contribution in [2.75, 3.05) is 0 Å². The summed E-state index contributed by atoms with van der Waals surface area (Å²) in [5.74, 6) is -0.360. The number of pyridine rings is 1. The third kappa shape index (κ3) is 4.54. The van der Waals surface area contributed by atoms with Gasteiger partial charge in [-0.3, -0.25) is 9.78 Å². The highest BCUT2D eigenvalue weighted by atomic mass is 32.2. The molecule has 36 heavy (non-hydrogen) atoms. The molecule has 5 rings (SSSR count). The van der Waals surface area contributed by atoms with Crippen LogP contribution in [0.3, 0.4) is 0 Å². The molecule has 1 aliphatic rings. The van der Waals surface area contributed by atoms with E-state index in [0.29, 0.717) is 25.7 Å². The number of sulfonamides is 1. The normalized spacial score (nSPS) is 21.3. The monoisotopic (exact) mass is 502 g/mol. The second-order valence-corrected chi connectivity index (χ2v) is 11.4. The Hall–Kier alpha value is -3.49. The van der Waals surface area contributed by atoms with Crippen molar-refractivity contribution >= 4 is 26.8 Å². The predicted molar refractivity (Wildman–Crippen MR) is 141 cm³/mol. The number of aromatic amines is 1. The minimum Gasteiger partial charge on any atom is -0.369 e. The molecule has 186 valence electrons. The number of carbonyl (C=O) groups excluding carboxylic acids is 1. The number of nitrogens with zero attached hydrogens (tertiary/aromatic N) is 1. The molecule has 2 aromatic carbocycles. The Morgan fingerprint density at radius 2 is 1.83 bits per heavy atom. The maximum absolute atomic E-state index is 13.2. The minimum atomic E-state index is -3.73. The van der Waals surface area contributed by atoms with Gasteiger partial charge in [0.1, 0.15) is 0 Å². The van der Waals surface area contributed by atoms with Gasteiger partial charge in [0.2, 0.25) is 15.9 Å². The fourth-order valence-corrected chi connectivity index (χ4v) is 6.79. The number of hydrogen-bond donors (Lipinski definition) is 3. The van der Waals surface area contributed by atoms with E-state index in [2.05, 4.69) is 14.7 Å². The Morgan fingerprint density at radius 3 is 2.50 bits per heavy atom. The van der Waals surface area contributed by atoms with Crippen LogP contribution in [0.1, 0.15) is 44.1 Å². The molecule has 8 heteroatoms. The van der Waals surface area contributed by atoms with Gasteiger partial charge in [-0.05, 0) is 73.6 Å². The second kappa shape index (κ2) is 9.52. The Balaban J connectivity index is 1.32. The molecule has 1 saturated carbocycles. The number of amides is 1. The van der Waals surface area contributed by atoms with Crippen LogP contribution in [-0.2, 0) is 14.8 Å². The number of benzene rings is 2. The summed E-state index contributed by atoms with van der Waals surface area (Å²) < 4.78 is 29.4. The van der Waals surface area contributed by atoms with Crippen molar-refractivity contribution in [3.8, 4) is 11.3 Å². The number of nitrogens with two attached hydrogens (primary N) is 1. The molecule has 0 spiro atoms. The topological polar surface area (TPSA) is 118 Å². The number of H-pyrrole nitrogens is 1. The fraction of sp³-hybridized carbons (Fsp3) is 0.286. The van der Waals surface area contributed by atoms with Crippen molar-refractivity contribution in [1.82, 2.24) is 14.7 Å². The molecule has 2 aromatic heterocycles. The summed E-state index contributed by atoms with van der Waals surface area (Å²) in [6.07, 6.45) is 5.66. The quantitative estimate of drug-likeness (QED) is 0.339. The van der Waals surface area contributed by atoms with Gasteiger partial charge < -0.3 is 10.7 Å². The summed E-state index contributed by atoms with van der Waals surface area (Å²) >= 11 is 0. The maximum atomic E-state index is 13.2. The summed E-state index contributed by atoms with van der Waals surface area (Å²) in [4.78, 5) is 20.3. The van der Waals surface area contributed by atoms with Crippen LogP contribution >= 0.6 is 0 Å². The van der Waals surface area contributed by atoms with E-state index in [9.17, 15) is 13.2 Å². The predicted octanol–water partition coefficient (Wildman–Crippen LogP) is 4.73. The average molecular weight is 503 g/mol. The highest BCUT2D eigenvalue weighted by molar-refractivity contribution is 7.89. The Morgan fingerprint density at radius 1 is 1.08 bits per heavy atom. The fourth-order valence-electron chi connectivity index (χ4n) is 5.45. The van der Waals surface area contributed by atoms with Crippen LogP contribution in [0.25, 0.3) is 22.2 Å². The third-order valence-electron chi connectivity index (χ3n) is 7.69. The van der Waals surface area contributed by atoms with Crippen LogP contribution in [-0.4, -0.2) is 30.3 Å². The molecule has 0 aliphatic heterocycles. The van der Waals surface area contributed by atoms with Gasteiger partial charge in [-0.2, -0.15) is 0 Å². The molecular weight excluding hydrogens is 472 g/mol. The van der Waals surface area contributed by atoms with Gasteiger partial charge in [0.25, 0.3) is 0 Å². The third-order valence-corrected chi connectivity index (χ3v) is 9.21. The smallest absolute Gasteiger partial charge is 0.240 e. The van der Waals surface area contributed by atoms with Gasteiger partial charge in [-0.1, -0.05) is 37.3 Å². The molecule has 0 radical (unpaired) electrons. The number of fused-ring (bicyclic) bond motifs is 1. The summed E-state index contributed by atoms with van der Waals surface area (Å²) in [7, 11) is -3.73. The van der Waals surface area contributed by atoms with E-state index in [1.165, 1.54) is 0 Å². The van der Waals surface area contributed by atoms with Crippen molar-refractivity contribution in [3.05, 3.63) is 84.7 Å². The van der Waals surface area contributed by atoms with E-state index in [-0.39, 0.29) is 22.8 Å². The molecule has 4 N–H and O–H groups in total. The minimum absolute atomic E-state index is 0.0428. The van der Waals surface area contributed by atoms with Gasteiger partial charge in [0.05, 0.1) is 10.3 Å². The Labute approximate surface area is 211 Å². The zero-order chi connectivity index (χ0) is 25.3. The van der Waals surface area contributed by atoms with E-state index in [1.807, 2.05) is 55.5 Å². The summed E-state index contributed by atoms with van der Waals surface area (Å²) in [5, 5.41) is 0.810. The Kier molecular flexibility index (Phi) is 6.40. The molecular formula is C28H30N4O3S. The summed E-state index contributed by atoms with van der Waals surface area (Å²) in [5.41, 5.74) is 8.97. The molecule has 0 saturated heterocycles. The van der Waals surface area contributed by atoms with Crippen LogP contribution in [0.5, 0.6) is 0 Å². The molecule has 1 fully saturated rings. The van der Waals surface area contributed by atoms with Gasteiger partial charge in [0, 0.05) is 40.6 Å².